The van der Waals surface area contributed by atoms with Gasteiger partial charge in [-0.3, -0.25) is 0 Å². The number of hydrogen-bond acceptors (Lipinski definition) is 2. The molecule has 0 amide bonds. The largest absolute Gasteiger partial charge is 0.446 e. The predicted octanol–water partition coefficient (Wildman–Crippen LogP) is 4.26. The molecule has 0 aromatic heterocycles. The van der Waals surface area contributed by atoms with E-state index in [4.69, 9.17) is 5.73 Å². The molecule has 1 nitrogen and oxygen atoms in total. The number of alkyl halides is 3. The van der Waals surface area contributed by atoms with Gasteiger partial charge in [-0.25, -0.2) is 0 Å². The van der Waals surface area contributed by atoms with Crippen molar-refractivity contribution in [3.63, 3.8) is 0 Å². The molecule has 0 saturated carbocycles. The van der Waals surface area contributed by atoms with Gasteiger partial charge in [-0.1, -0.05) is 23.8 Å². The molecule has 2 N–H and O–H groups in total. The molecule has 0 unspecified atom stereocenters. The third kappa shape index (κ3) is 4.83. The molecule has 0 radical (unpaired) electrons. The van der Waals surface area contributed by atoms with Gasteiger partial charge in [0.15, 0.2) is 0 Å². The minimum absolute atomic E-state index is 0.127. The van der Waals surface area contributed by atoms with Crippen LogP contribution in [0, 0.1) is 0 Å². The summed E-state index contributed by atoms with van der Waals surface area (Å²) in [5, 5.41) is 0. The van der Waals surface area contributed by atoms with Gasteiger partial charge >= 0.3 is 5.51 Å². The Morgan fingerprint density at radius 3 is 2.53 bits per heavy atom. The summed E-state index contributed by atoms with van der Waals surface area (Å²) in [6.45, 7) is 5.52. The zero-order chi connectivity index (χ0) is 13.1. The van der Waals surface area contributed by atoms with Gasteiger partial charge in [0.2, 0.25) is 0 Å². The highest BCUT2D eigenvalue weighted by Crippen LogP contribution is 2.40. The normalized spacial score (nSPS) is 13.5. The maximum absolute atomic E-state index is 12.4. The Morgan fingerprint density at radius 1 is 1.41 bits per heavy atom. The van der Waals surface area contributed by atoms with Crippen molar-refractivity contribution in [2.75, 3.05) is 0 Å². The van der Waals surface area contributed by atoms with E-state index in [1.807, 2.05) is 0 Å². The van der Waals surface area contributed by atoms with E-state index >= 15 is 0 Å². The van der Waals surface area contributed by atoms with E-state index in [1.54, 1.807) is 25.1 Å². The molecular formula is C12H14F3NS. The fourth-order valence-corrected chi connectivity index (χ4v) is 2.22. The zero-order valence-corrected chi connectivity index (χ0v) is 10.2. The lowest BCUT2D eigenvalue weighted by Crippen LogP contribution is -2.12. The van der Waals surface area contributed by atoms with Crippen LogP contribution in [0.2, 0.25) is 0 Å². The summed E-state index contributed by atoms with van der Waals surface area (Å²) in [6, 6.07) is 5.88. The molecule has 0 aliphatic carbocycles. The maximum Gasteiger partial charge on any atom is 0.446 e. The van der Waals surface area contributed by atoms with Crippen molar-refractivity contribution < 1.29 is 13.2 Å². The van der Waals surface area contributed by atoms with E-state index in [9.17, 15) is 13.2 Å². The van der Waals surface area contributed by atoms with Crippen LogP contribution in [0.1, 0.15) is 24.9 Å². The highest BCUT2D eigenvalue weighted by Gasteiger charge is 2.30. The van der Waals surface area contributed by atoms with Gasteiger partial charge in [0.05, 0.1) is 0 Å². The van der Waals surface area contributed by atoms with Crippen LogP contribution in [0.4, 0.5) is 13.2 Å². The summed E-state index contributed by atoms with van der Waals surface area (Å²) < 4.78 is 37.1. The standard InChI is InChI=1S/C12H14F3NS/c1-8(2)7-10(16)9-5-3-4-6-11(9)17-12(13,14)15/h3-6,10H,1,7,16H2,2H3/t10-/m1/s1. The molecule has 0 aliphatic rings. The topological polar surface area (TPSA) is 26.0 Å². The summed E-state index contributed by atoms with van der Waals surface area (Å²) in [5.74, 6) is 0. The third-order valence-corrected chi connectivity index (χ3v) is 2.94. The fraction of sp³-hybridized carbons (Fsp3) is 0.333. The lowest BCUT2D eigenvalue weighted by Gasteiger charge is -2.16. The van der Waals surface area contributed by atoms with Crippen molar-refractivity contribution >= 4 is 11.8 Å². The second-order valence-electron chi connectivity index (χ2n) is 3.85. The quantitative estimate of drug-likeness (QED) is 0.647. The van der Waals surface area contributed by atoms with Crippen LogP contribution < -0.4 is 5.73 Å². The van der Waals surface area contributed by atoms with Gasteiger partial charge in [-0.05, 0) is 36.7 Å². The summed E-state index contributed by atoms with van der Waals surface area (Å²) in [6.07, 6.45) is 0.482. The molecule has 0 heterocycles. The second kappa shape index (κ2) is 5.60. The highest BCUT2D eigenvalue weighted by molar-refractivity contribution is 8.00. The molecule has 17 heavy (non-hydrogen) atoms. The molecule has 94 valence electrons. The average molecular weight is 261 g/mol. The molecule has 1 aromatic carbocycles. The SMILES string of the molecule is C=C(C)C[C@@H](N)c1ccccc1SC(F)(F)F. The molecule has 0 aliphatic heterocycles. The molecule has 0 bridgehead atoms. The van der Waals surface area contributed by atoms with Crippen molar-refractivity contribution in [2.45, 2.75) is 29.8 Å². The first-order chi connectivity index (χ1) is 7.79. The Kier molecular flexibility index (Phi) is 4.65. The number of halogens is 3. The smallest absolute Gasteiger partial charge is 0.324 e. The maximum atomic E-state index is 12.4. The van der Waals surface area contributed by atoms with Crippen molar-refractivity contribution in [2.24, 2.45) is 5.73 Å². The van der Waals surface area contributed by atoms with Crippen LogP contribution >= 0.6 is 11.8 Å². The van der Waals surface area contributed by atoms with Gasteiger partial charge in [0.1, 0.15) is 0 Å². The lowest BCUT2D eigenvalue weighted by molar-refractivity contribution is -0.0328. The van der Waals surface area contributed by atoms with Crippen molar-refractivity contribution in [1.82, 2.24) is 0 Å². The Bertz CT molecular complexity index is 401. The number of nitrogens with two attached hydrogens (primary N) is 1. The van der Waals surface area contributed by atoms with Crippen LogP contribution in [-0.2, 0) is 0 Å². The molecule has 1 rings (SSSR count). The van der Waals surface area contributed by atoms with E-state index in [1.165, 1.54) is 6.07 Å². The van der Waals surface area contributed by atoms with Gasteiger partial charge in [0.25, 0.3) is 0 Å². The summed E-state index contributed by atoms with van der Waals surface area (Å²) >= 11 is -0.127. The summed E-state index contributed by atoms with van der Waals surface area (Å²) in [4.78, 5) is 0.161. The Labute approximate surface area is 103 Å². The number of hydrogen-bond donors (Lipinski definition) is 1. The first-order valence-corrected chi connectivity index (χ1v) is 5.86. The van der Waals surface area contributed by atoms with E-state index in [0.717, 1.165) is 5.57 Å². The lowest BCUT2D eigenvalue weighted by atomic mass is 10.0. The molecular weight excluding hydrogens is 247 g/mol. The van der Waals surface area contributed by atoms with Gasteiger partial charge in [0, 0.05) is 10.9 Å². The molecule has 5 heteroatoms. The van der Waals surface area contributed by atoms with Crippen molar-refractivity contribution in [3.05, 3.63) is 42.0 Å². The molecule has 0 saturated heterocycles. The number of benzene rings is 1. The number of thioether (sulfide) groups is 1. The molecule has 1 atom stereocenters. The number of rotatable bonds is 4. The zero-order valence-electron chi connectivity index (χ0n) is 9.42. The average Bonchev–Trinajstić information content (AvgIpc) is 2.14. The fourth-order valence-electron chi connectivity index (χ4n) is 1.49. The predicted molar refractivity (Wildman–Crippen MR) is 64.7 cm³/mol. The molecule has 1 aromatic rings. The summed E-state index contributed by atoms with van der Waals surface area (Å²) in [7, 11) is 0. The second-order valence-corrected chi connectivity index (χ2v) is 4.96. The van der Waals surface area contributed by atoms with Crippen molar-refractivity contribution in [1.29, 1.82) is 0 Å². The van der Waals surface area contributed by atoms with Crippen LogP contribution in [0.5, 0.6) is 0 Å². The van der Waals surface area contributed by atoms with Crippen LogP contribution in [-0.4, -0.2) is 5.51 Å². The van der Waals surface area contributed by atoms with E-state index in [-0.39, 0.29) is 16.7 Å². The van der Waals surface area contributed by atoms with Crippen LogP contribution in [0.3, 0.4) is 0 Å². The van der Waals surface area contributed by atoms with Crippen LogP contribution in [0.15, 0.2) is 41.3 Å². The summed E-state index contributed by atoms with van der Waals surface area (Å²) in [5.41, 5.74) is 2.94. The van der Waals surface area contributed by atoms with Gasteiger partial charge < -0.3 is 5.73 Å². The van der Waals surface area contributed by atoms with E-state index in [0.29, 0.717) is 12.0 Å². The Morgan fingerprint density at radius 2 is 2.00 bits per heavy atom. The van der Waals surface area contributed by atoms with E-state index in [2.05, 4.69) is 6.58 Å². The van der Waals surface area contributed by atoms with Gasteiger partial charge in [-0.2, -0.15) is 13.2 Å². The highest BCUT2D eigenvalue weighted by atomic mass is 32.2. The minimum atomic E-state index is -4.29. The van der Waals surface area contributed by atoms with Gasteiger partial charge in [-0.15, -0.1) is 6.58 Å². The monoisotopic (exact) mass is 261 g/mol. The Hall–Kier alpha value is -0.940. The van der Waals surface area contributed by atoms with E-state index < -0.39 is 11.6 Å². The molecule has 0 fully saturated rings. The first-order valence-electron chi connectivity index (χ1n) is 5.04. The minimum Gasteiger partial charge on any atom is -0.324 e. The first kappa shape index (κ1) is 14.1. The van der Waals surface area contributed by atoms with Crippen LogP contribution in [0.25, 0.3) is 0 Å². The third-order valence-electron chi connectivity index (χ3n) is 2.11. The molecule has 0 spiro atoms. The Balaban J connectivity index is 2.95. The van der Waals surface area contributed by atoms with Crippen molar-refractivity contribution in [3.8, 4) is 0 Å².